The summed E-state index contributed by atoms with van der Waals surface area (Å²) < 4.78 is 0. The third-order valence-corrected chi connectivity index (χ3v) is 1.89. The van der Waals surface area contributed by atoms with Crippen molar-refractivity contribution in [1.82, 2.24) is 20.5 Å². The molecule has 0 aliphatic rings. The van der Waals surface area contributed by atoms with E-state index in [2.05, 4.69) is 20.5 Å². The zero-order valence-corrected chi connectivity index (χ0v) is 7.74. The summed E-state index contributed by atoms with van der Waals surface area (Å²) in [6.45, 7) is 2.49. The molecule has 0 saturated carbocycles. The summed E-state index contributed by atoms with van der Waals surface area (Å²) in [7, 11) is 0. The topological polar surface area (TPSA) is 70.7 Å². The van der Waals surface area contributed by atoms with Crippen LogP contribution >= 0.6 is 0 Å². The smallest absolute Gasteiger partial charge is 0.252 e. The third kappa shape index (κ3) is 1.44. The van der Waals surface area contributed by atoms with Gasteiger partial charge in [0.1, 0.15) is 0 Å². The van der Waals surface area contributed by atoms with Crippen LogP contribution in [-0.2, 0) is 0 Å². The quantitative estimate of drug-likeness (QED) is 0.732. The van der Waals surface area contributed by atoms with Crippen LogP contribution < -0.4 is 5.32 Å². The number of fused-ring (bicyclic) bond motifs is 1. The van der Waals surface area contributed by atoms with Crippen LogP contribution in [0.4, 0.5) is 0 Å². The monoisotopic (exact) mass is 190 g/mol. The van der Waals surface area contributed by atoms with Gasteiger partial charge >= 0.3 is 0 Å². The van der Waals surface area contributed by atoms with Crippen molar-refractivity contribution in [3.05, 3.63) is 24.0 Å². The van der Waals surface area contributed by atoms with E-state index in [-0.39, 0.29) is 5.91 Å². The normalized spacial score (nSPS) is 10.4. The number of carbonyl (C=O) groups is 1. The van der Waals surface area contributed by atoms with Crippen LogP contribution in [0, 0.1) is 0 Å². The summed E-state index contributed by atoms with van der Waals surface area (Å²) in [6.07, 6.45) is 3.18. The number of aromatic amines is 1. The van der Waals surface area contributed by atoms with E-state index in [1.807, 2.05) is 6.92 Å². The van der Waals surface area contributed by atoms with Gasteiger partial charge in [0.2, 0.25) is 0 Å². The number of aromatic nitrogens is 3. The predicted octanol–water partition coefficient (Wildman–Crippen LogP) is 0.708. The number of hydrogen-bond acceptors (Lipinski definition) is 3. The number of H-pyrrole nitrogens is 1. The summed E-state index contributed by atoms with van der Waals surface area (Å²) in [5.41, 5.74) is 1.25. The van der Waals surface area contributed by atoms with Gasteiger partial charge in [0, 0.05) is 18.1 Å². The molecule has 0 aliphatic carbocycles. The van der Waals surface area contributed by atoms with Gasteiger partial charge in [-0.25, -0.2) is 4.98 Å². The first-order valence-corrected chi connectivity index (χ1v) is 4.38. The highest BCUT2D eigenvalue weighted by Crippen LogP contribution is 2.09. The Bertz CT molecular complexity index is 463. The van der Waals surface area contributed by atoms with Gasteiger partial charge in [-0.15, -0.1) is 0 Å². The largest absolute Gasteiger partial charge is 0.352 e. The molecule has 2 rings (SSSR count). The number of hydrogen-bond donors (Lipinski definition) is 2. The van der Waals surface area contributed by atoms with Crippen molar-refractivity contribution in [2.45, 2.75) is 6.92 Å². The van der Waals surface area contributed by atoms with E-state index >= 15 is 0 Å². The van der Waals surface area contributed by atoms with Gasteiger partial charge in [-0.1, -0.05) is 0 Å². The van der Waals surface area contributed by atoms with Crippen molar-refractivity contribution in [3.8, 4) is 0 Å². The lowest BCUT2D eigenvalue weighted by Gasteiger charge is -2.00. The SMILES string of the molecule is CCNC(=O)c1cnc2[nH]ncc2c1. The molecular formula is C9H10N4O. The number of nitrogens with zero attached hydrogens (tertiary/aromatic N) is 2. The molecule has 5 nitrogen and oxygen atoms in total. The standard InChI is InChI=1S/C9H10N4O/c1-2-10-9(14)7-3-6-5-12-13-8(6)11-4-7/h3-5H,2H2,1H3,(H,10,14)(H,11,12,13). The van der Waals surface area contributed by atoms with Crippen LogP contribution in [0.2, 0.25) is 0 Å². The van der Waals surface area contributed by atoms with Crippen molar-refractivity contribution >= 4 is 16.9 Å². The van der Waals surface area contributed by atoms with E-state index in [9.17, 15) is 4.79 Å². The van der Waals surface area contributed by atoms with E-state index in [0.717, 1.165) is 5.39 Å². The fraction of sp³-hybridized carbons (Fsp3) is 0.222. The van der Waals surface area contributed by atoms with Gasteiger partial charge in [0.15, 0.2) is 5.65 Å². The van der Waals surface area contributed by atoms with Crippen LogP contribution in [0.1, 0.15) is 17.3 Å². The fourth-order valence-corrected chi connectivity index (χ4v) is 1.22. The van der Waals surface area contributed by atoms with E-state index in [1.54, 1.807) is 12.3 Å². The second-order valence-electron chi connectivity index (χ2n) is 2.89. The maximum atomic E-state index is 11.4. The van der Waals surface area contributed by atoms with Gasteiger partial charge < -0.3 is 5.32 Å². The van der Waals surface area contributed by atoms with Crippen molar-refractivity contribution in [3.63, 3.8) is 0 Å². The summed E-state index contributed by atoms with van der Waals surface area (Å²) in [6, 6.07) is 1.76. The molecule has 0 aromatic carbocycles. The summed E-state index contributed by atoms with van der Waals surface area (Å²) >= 11 is 0. The minimum atomic E-state index is -0.108. The molecular weight excluding hydrogens is 180 g/mol. The Morgan fingerprint density at radius 3 is 3.21 bits per heavy atom. The van der Waals surface area contributed by atoms with Crippen LogP contribution in [0.3, 0.4) is 0 Å². The molecule has 2 heterocycles. The van der Waals surface area contributed by atoms with Gasteiger partial charge in [0.05, 0.1) is 11.8 Å². The maximum absolute atomic E-state index is 11.4. The zero-order valence-electron chi connectivity index (χ0n) is 7.74. The van der Waals surface area contributed by atoms with E-state index in [4.69, 9.17) is 0 Å². The Morgan fingerprint density at radius 1 is 1.57 bits per heavy atom. The Kier molecular flexibility index (Phi) is 2.14. The summed E-state index contributed by atoms with van der Waals surface area (Å²) in [5, 5.41) is 10.1. The molecule has 14 heavy (non-hydrogen) atoms. The average molecular weight is 190 g/mol. The minimum absolute atomic E-state index is 0.108. The fourth-order valence-electron chi connectivity index (χ4n) is 1.22. The zero-order chi connectivity index (χ0) is 9.97. The number of rotatable bonds is 2. The van der Waals surface area contributed by atoms with Gasteiger partial charge in [0.25, 0.3) is 5.91 Å². The Hall–Kier alpha value is -1.91. The van der Waals surface area contributed by atoms with E-state index in [0.29, 0.717) is 17.8 Å². The summed E-state index contributed by atoms with van der Waals surface area (Å²) in [5.74, 6) is -0.108. The average Bonchev–Trinajstić information content (AvgIpc) is 2.64. The molecule has 0 saturated heterocycles. The molecule has 2 N–H and O–H groups in total. The predicted molar refractivity (Wildman–Crippen MR) is 51.9 cm³/mol. The minimum Gasteiger partial charge on any atom is -0.352 e. The molecule has 0 atom stereocenters. The molecule has 0 radical (unpaired) electrons. The molecule has 0 unspecified atom stereocenters. The summed E-state index contributed by atoms with van der Waals surface area (Å²) in [4.78, 5) is 15.5. The maximum Gasteiger partial charge on any atom is 0.252 e. The van der Waals surface area contributed by atoms with E-state index in [1.165, 1.54) is 6.20 Å². The molecule has 0 aliphatic heterocycles. The molecule has 0 bridgehead atoms. The lowest BCUT2D eigenvalue weighted by molar-refractivity contribution is 0.0955. The lowest BCUT2D eigenvalue weighted by Crippen LogP contribution is -2.22. The van der Waals surface area contributed by atoms with Crippen molar-refractivity contribution < 1.29 is 4.79 Å². The van der Waals surface area contributed by atoms with Gasteiger partial charge in [-0.3, -0.25) is 9.89 Å². The molecule has 1 amide bonds. The first-order valence-electron chi connectivity index (χ1n) is 4.38. The molecule has 2 aromatic rings. The Labute approximate surface area is 80.5 Å². The van der Waals surface area contributed by atoms with Gasteiger partial charge in [-0.05, 0) is 13.0 Å². The van der Waals surface area contributed by atoms with Crippen molar-refractivity contribution in [1.29, 1.82) is 0 Å². The van der Waals surface area contributed by atoms with Crippen LogP contribution in [-0.4, -0.2) is 27.6 Å². The Balaban J connectivity index is 2.38. The first-order chi connectivity index (χ1) is 6.81. The molecule has 0 fully saturated rings. The molecule has 0 spiro atoms. The van der Waals surface area contributed by atoms with Gasteiger partial charge in [-0.2, -0.15) is 5.10 Å². The molecule has 2 aromatic heterocycles. The molecule has 5 heteroatoms. The number of amides is 1. The number of nitrogens with one attached hydrogen (secondary N) is 2. The van der Waals surface area contributed by atoms with E-state index < -0.39 is 0 Å². The highest BCUT2D eigenvalue weighted by Gasteiger charge is 2.06. The molecule has 72 valence electrons. The van der Waals surface area contributed by atoms with Crippen molar-refractivity contribution in [2.75, 3.05) is 6.54 Å². The van der Waals surface area contributed by atoms with Crippen LogP contribution in [0.5, 0.6) is 0 Å². The van der Waals surface area contributed by atoms with Crippen LogP contribution in [0.15, 0.2) is 18.5 Å². The second-order valence-corrected chi connectivity index (χ2v) is 2.89. The number of pyridine rings is 1. The highest BCUT2D eigenvalue weighted by molar-refractivity contribution is 5.96. The Morgan fingerprint density at radius 2 is 2.43 bits per heavy atom. The highest BCUT2D eigenvalue weighted by atomic mass is 16.1. The lowest BCUT2D eigenvalue weighted by atomic mass is 10.2. The van der Waals surface area contributed by atoms with Crippen LogP contribution in [0.25, 0.3) is 11.0 Å². The first kappa shape index (κ1) is 8.68. The van der Waals surface area contributed by atoms with Crippen molar-refractivity contribution in [2.24, 2.45) is 0 Å². The third-order valence-electron chi connectivity index (χ3n) is 1.89. The second kappa shape index (κ2) is 3.45. The number of carbonyl (C=O) groups excluding carboxylic acids is 1.